The standard InChI is InChI=1S/C19H16N2O5/c1-4-12-5-7-15(8-6-12)20-19(24)21-16-10-13(17(22)25-2)9-14(11-16)18(23)26-3/h1,5-11H,2-3H3,(H2,20,21,24). The van der Waals surface area contributed by atoms with Crippen molar-refractivity contribution < 1.29 is 23.9 Å². The normalized spacial score (nSPS) is 9.58. The first kappa shape index (κ1) is 18.5. The number of anilines is 2. The van der Waals surface area contributed by atoms with Gasteiger partial charge >= 0.3 is 18.0 Å². The number of rotatable bonds is 4. The first-order chi connectivity index (χ1) is 12.5. The van der Waals surface area contributed by atoms with Gasteiger partial charge in [0.25, 0.3) is 0 Å². The Morgan fingerprint density at radius 2 is 1.35 bits per heavy atom. The monoisotopic (exact) mass is 352 g/mol. The SMILES string of the molecule is C#Cc1ccc(NC(=O)Nc2cc(C(=O)OC)cc(C(=O)OC)c2)cc1. The van der Waals surface area contributed by atoms with Crippen LogP contribution in [0.4, 0.5) is 16.2 Å². The summed E-state index contributed by atoms with van der Waals surface area (Å²) in [6.45, 7) is 0. The topological polar surface area (TPSA) is 93.7 Å². The van der Waals surface area contributed by atoms with Crippen LogP contribution in [0.2, 0.25) is 0 Å². The van der Waals surface area contributed by atoms with Crippen LogP contribution in [0.1, 0.15) is 26.3 Å². The molecule has 0 unspecified atom stereocenters. The zero-order valence-electron chi connectivity index (χ0n) is 14.2. The van der Waals surface area contributed by atoms with Crippen molar-refractivity contribution in [3.63, 3.8) is 0 Å². The van der Waals surface area contributed by atoms with Crippen LogP contribution >= 0.6 is 0 Å². The van der Waals surface area contributed by atoms with Gasteiger partial charge in [0.2, 0.25) is 0 Å². The Labute approximate surface area is 150 Å². The third kappa shape index (κ3) is 4.61. The lowest BCUT2D eigenvalue weighted by Gasteiger charge is -2.10. The lowest BCUT2D eigenvalue weighted by Crippen LogP contribution is -2.20. The van der Waals surface area contributed by atoms with Crippen LogP contribution in [0.25, 0.3) is 0 Å². The Balaban J connectivity index is 2.20. The largest absolute Gasteiger partial charge is 0.465 e. The summed E-state index contributed by atoms with van der Waals surface area (Å²) in [5.74, 6) is 1.18. The van der Waals surface area contributed by atoms with Crippen molar-refractivity contribution in [1.29, 1.82) is 0 Å². The minimum absolute atomic E-state index is 0.101. The molecule has 0 atom stereocenters. The molecule has 2 amide bonds. The molecule has 2 rings (SSSR count). The van der Waals surface area contributed by atoms with E-state index in [4.69, 9.17) is 6.42 Å². The number of amides is 2. The summed E-state index contributed by atoms with van der Waals surface area (Å²) in [6, 6.07) is 10.2. The van der Waals surface area contributed by atoms with Crippen molar-refractivity contribution in [2.45, 2.75) is 0 Å². The summed E-state index contributed by atoms with van der Waals surface area (Å²) in [7, 11) is 2.43. The van der Waals surface area contributed by atoms with Crippen LogP contribution in [0, 0.1) is 12.3 Å². The molecule has 0 aliphatic carbocycles. The molecule has 0 saturated heterocycles. The quantitative estimate of drug-likeness (QED) is 0.652. The molecular weight excluding hydrogens is 336 g/mol. The van der Waals surface area contributed by atoms with Crippen molar-refractivity contribution in [3.05, 3.63) is 59.2 Å². The number of urea groups is 1. The Kier molecular flexibility index (Phi) is 5.96. The van der Waals surface area contributed by atoms with Crippen LogP contribution in [0.5, 0.6) is 0 Å². The maximum Gasteiger partial charge on any atom is 0.337 e. The third-order valence-electron chi connectivity index (χ3n) is 3.34. The number of carbonyl (C=O) groups is 3. The van der Waals surface area contributed by atoms with Crippen molar-refractivity contribution >= 4 is 29.3 Å². The molecule has 0 fully saturated rings. The van der Waals surface area contributed by atoms with E-state index in [0.717, 1.165) is 0 Å². The molecule has 0 aliphatic heterocycles. The van der Waals surface area contributed by atoms with Gasteiger partial charge in [0.15, 0.2) is 0 Å². The molecule has 7 nitrogen and oxygen atoms in total. The van der Waals surface area contributed by atoms with Crippen LogP contribution in [0.15, 0.2) is 42.5 Å². The number of methoxy groups -OCH3 is 2. The van der Waals surface area contributed by atoms with Gasteiger partial charge in [0.05, 0.1) is 25.3 Å². The molecule has 0 bridgehead atoms. The smallest absolute Gasteiger partial charge is 0.337 e. The number of esters is 2. The molecule has 0 aromatic heterocycles. The van der Waals surface area contributed by atoms with E-state index in [2.05, 4.69) is 26.0 Å². The molecule has 0 spiro atoms. The number of ether oxygens (including phenoxy) is 2. The molecule has 2 N–H and O–H groups in total. The molecule has 2 aromatic rings. The lowest BCUT2D eigenvalue weighted by atomic mass is 10.1. The van der Waals surface area contributed by atoms with Gasteiger partial charge in [-0.15, -0.1) is 6.42 Å². The molecule has 0 saturated carbocycles. The van der Waals surface area contributed by atoms with Gasteiger partial charge in [-0.3, -0.25) is 0 Å². The zero-order valence-corrected chi connectivity index (χ0v) is 14.2. The Morgan fingerprint density at radius 3 is 1.81 bits per heavy atom. The maximum atomic E-state index is 12.1. The highest BCUT2D eigenvalue weighted by molar-refractivity contribution is 6.02. The van der Waals surface area contributed by atoms with E-state index >= 15 is 0 Å². The fraction of sp³-hybridized carbons (Fsp3) is 0.105. The highest BCUT2D eigenvalue weighted by atomic mass is 16.5. The molecule has 2 aromatic carbocycles. The predicted octanol–water partition coefficient (Wildman–Crippen LogP) is 2.89. The summed E-state index contributed by atoms with van der Waals surface area (Å²) >= 11 is 0. The van der Waals surface area contributed by atoms with Gasteiger partial charge in [-0.1, -0.05) is 5.92 Å². The molecule has 132 valence electrons. The fourth-order valence-electron chi connectivity index (χ4n) is 2.11. The number of terminal acetylenes is 1. The molecule has 26 heavy (non-hydrogen) atoms. The van der Waals surface area contributed by atoms with Gasteiger partial charge in [0.1, 0.15) is 0 Å². The van der Waals surface area contributed by atoms with Gasteiger partial charge in [0, 0.05) is 16.9 Å². The first-order valence-electron chi connectivity index (χ1n) is 7.43. The van der Waals surface area contributed by atoms with Crippen molar-refractivity contribution in [2.24, 2.45) is 0 Å². The summed E-state index contributed by atoms with van der Waals surface area (Å²) in [5.41, 5.74) is 1.64. The van der Waals surface area contributed by atoms with E-state index < -0.39 is 18.0 Å². The zero-order chi connectivity index (χ0) is 19.1. The van der Waals surface area contributed by atoms with Crippen LogP contribution in [-0.2, 0) is 9.47 Å². The van der Waals surface area contributed by atoms with Gasteiger partial charge < -0.3 is 20.1 Å². The second-order valence-corrected chi connectivity index (χ2v) is 5.08. The fourth-order valence-corrected chi connectivity index (χ4v) is 2.11. The summed E-state index contributed by atoms with van der Waals surface area (Å²) in [4.78, 5) is 35.6. The lowest BCUT2D eigenvalue weighted by molar-refractivity contribution is 0.0599. The second-order valence-electron chi connectivity index (χ2n) is 5.08. The Morgan fingerprint density at radius 1 is 0.846 bits per heavy atom. The Hall–Kier alpha value is -3.79. The molecule has 0 aliphatic rings. The average molecular weight is 352 g/mol. The highest BCUT2D eigenvalue weighted by Gasteiger charge is 2.15. The molecule has 0 radical (unpaired) electrons. The summed E-state index contributed by atoms with van der Waals surface area (Å²) < 4.78 is 9.29. The highest BCUT2D eigenvalue weighted by Crippen LogP contribution is 2.18. The van der Waals surface area contributed by atoms with E-state index in [1.54, 1.807) is 24.3 Å². The first-order valence-corrected chi connectivity index (χ1v) is 7.43. The minimum Gasteiger partial charge on any atom is -0.465 e. The van der Waals surface area contributed by atoms with E-state index in [0.29, 0.717) is 11.3 Å². The molecule has 7 heteroatoms. The van der Waals surface area contributed by atoms with E-state index in [1.165, 1.54) is 32.4 Å². The van der Waals surface area contributed by atoms with Crippen LogP contribution in [0.3, 0.4) is 0 Å². The summed E-state index contributed by atoms with van der Waals surface area (Å²) in [5, 5.41) is 5.17. The second kappa shape index (κ2) is 8.35. The predicted molar refractivity (Wildman–Crippen MR) is 96.1 cm³/mol. The van der Waals surface area contributed by atoms with Crippen LogP contribution in [-0.4, -0.2) is 32.2 Å². The van der Waals surface area contributed by atoms with Crippen molar-refractivity contribution in [2.75, 3.05) is 24.9 Å². The van der Waals surface area contributed by atoms with Crippen molar-refractivity contribution in [3.8, 4) is 12.3 Å². The number of benzene rings is 2. The van der Waals surface area contributed by atoms with E-state index in [9.17, 15) is 14.4 Å². The minimum atomic E-state index is -0.649. The molecule has 0 heterocycles. The molecular formula is C19H16N2O5. The van der Waals surface area contributed by atoms with Crippen LogP contribution < -0.4 is 10.6 Å². The number of hydrogen-bond acceptors (Lipinski definition) is 5. The number of hydrogen-bond donors (Lipinski definition) is 2. The van der Waals surface area contributed by atoms with Gasteiger partial charge in [-0.2, -0.15) is 0 Å². The summed E-state index contributed by atoms with van der Waals surface area (Å²) in [6.07, 6.45) is 5.28. The maximum absolute atomic E-state index is 12.1. The van der Waals surface area contributed by atoms with Gasteiger partial charge in [-0.05, 0) is 42.5 Å². The van der Waals surface area contributed by atoms with E-state index in [1.807, 2.05) is 0 Å². The Bertz CT molecular complexity index is 848. The third-order valence-corrected chi connectivity index (χ3v) is 3.34. The van der Waals surface area contributed by atoms with E-state index in [-0.39, 0.29) is 16.8 Å². The van der Waals surface area contributed by atoms with Crippen molar-refractivity contribution in [1.82, 2.24) is 0 Å². The number of carbonyl (C=O) groups excluding carboxylic acids is 3. The average Bonchev–Trinajstić information content (AvgIpc) is 2.66. The number of nitrogens with one attached hydrogen (secondary N) is 2. The van der Waals surface area contributed by atoms with Gasteiger partial charge in [-0.25, -0.2) is 14.4 Å².